The van der Waals surface area contributed by atoms with Gasteiger partial charge in [0.05, 0.1) is 22.7 Å². The first-order valence-electron chi connectivity index (χ1n) is 24.9. The Kier molecular flexibility index (Phi) is 7.61. The maximum atomic E-state index is 2.61. The van der Waals surface area contributed by atoms with E-state index in [2.05, 4.69) is 180 Å². The molecule has 0 aromatic heterocycles. The zero-order chi connectivity index (χ0) is 41.7. The van der Waals surface area contributed by atoms with Crippen molar-refractivity contribution in [1.29, 1.82) is 0 Å². The van der Waals surface area contributed by atoms with Gasteiger partial charge in [-0.2, -0.15) is 0 Å². The standard InChI is InChI=1S/C62H56N2/c1-2-18-52(44-14-12-16-50(38-44)64-59-25-9-5-21-55(59)62(56-22-6-10-26-60(56)64)47-33-41-28-42(35-47)36-48(62)34-41)51(17-1)43-13-11-15-49(37-43)63-57-23-7-3-19-53(57)61(54-20-4-8-24-58(54)63)45-29-39-27-40(31-45)32-46(61)30-39/h1-26,37-42,45-48H,27-36H2. The second kappa shape index (κ2) is 13.4. The molecule has 2 nitrogen and oxygen atoms in total. The topological polar surface area (TPSA) is 6.48 Å². The molecule has 7 aromatic carbocycles. The second-order valence-electron chi connectivity index (χ2n) is 21.7. The van der Waals surface area contributed by atoms with Crippen molar-refractivity contribution >= 4 is 34.1 Å². The maximum absolute atomic E-state index is 2.61. The zero-order valence-corrected chi connectivity index (χ0v) is 36.8. The fourth-order valence-electron chi connectivity index (χ4n) is 17.4. The van der Waals surface area contributed by atoms with Crippen molar-refractivity contribution in [2.75, 3.05) is 9.80 Å². The molecular weight excluding hydrogens is 773 g/mol. The largest absolute Gasteiger partial charge is 0.310 e. The molecule has 64 heavy (non-hydrogen) atoms. The summed E-state index contributed by atoms with van der Waals surface area (Å²) in [4.78, 5) is 5.21. The molecule has 8 aliphatic carbocycles. The van der Waals surface area contributed by atoms with Crippen LogP contribution in [-0.2, 0) is 10.8 Å². The fourth-order valence-corrected chi connectivity index (χ4v) is 17.4. The first kappa shape index (κ1) is 36.5. The van der Waals surface area contributed by atoms with Gasteiger partial charge in [-0.3, -0.25) is 0 Å². The molecule has 0 amide bonds. The number of rotatable bonds is 4. The van der Waals surface area contributed by atoms with Crippen molar-refractivity contribution in [1.82, 2.24) is 0 Å². The van der Waals surface area contributed by atoms with Gasteiger partial charge in [0.15, 0.2) is 0 Å². The average molecular weight is 829 g/mol. The first-order chi connectivity index (χ1) is 31.7. The summed E-state index contributed by atoms with van der Waals surface area (Å²) in [5.41, 5.74) is 19.5. The molecular formula is C62H56N2. The van der Waals surface area contributed by atoms with Crippen LogP contribution in [0, 0.1) is 47.3 Å². The van der Waals surface area contributed by atoms with Gasteiger partial charge in [-0.1, -0.05) is 121 Å². The minimum Gasteiger partial charge on any atom is -0.310 e. The Labute approximate surface area is 379 Å². The van der Waals surface area contributed by atoms with E-state index < -0.39 is 0 Å². The van der Waals surface area contributed by atoms with E-state index in [4.69, 9.17) is 0 Å². The first-order valence-corrected chi connectivity index (χ1v) is 24.9. The smallest absolute Gasteiger partial charge is 0.0503 e. The van der Waals surface area contributed by atoms with Crippen molar-refractivity contribution in [2.24, 2.45) is 47.3 Å². The summed E-state index contributed by atoms with van der Waals surface area (Å²) >= 11 is 0. The van der Waals surface area contributed by atoms with Crippen LogP contribution in [0.3, 0.4) is 0 Å². The van der Waals surface area contributed by atoms with Gasteiger partial charge in [0, 0.05) is 22.2 Å². The van der Waals surface area contributed by atoms with E-state index in [1.165, 1.54) is 121 Å². The van der Waals surface area contributed by atoms with Gasteiger partial charge >= 0.3 is 0 Å². The average Bonchev–Trinajstić information content (AvgIpc) is 3.33. The fraction of sp³-hybridized carbons (Fsp3) is 0.323. The molecule has 0 N–H and O–H groups in total. The second-order valence-corrected chi connectivity index (χ2v) is 21.7. The van der Waals surface area contributed by atoms with E-state index in [1.54, 1.807) is 22.3 Å². The van der Waals surface area contributed by atoms with Crippen LogP contribution in [0.4, 0.5) is 34.1 Å². The zero-order valence-electron chi connectivity index (χ0n) is 36.8. The number of anilines is 6. The summed E-state index contributed by atoms with van der Waals surface area (Å²) in [5.74, 6) is 6.61. The highest BCUT2D eigenvalue weighted by molar-refractivity contribution is 5.92. The highest BCUT2D eigenvalue weighted by Crippen LogP contribution is 2.71. The molecule has 0 radical (unpaired) electrons. The predicted molar refractivity (Wildman–Crippen MR) is 262 cm³/mol. The summed E-state index contributed by atoms with van der Waals surface area (Å²) in [7, 11) is 0. The van der Waals surface area contributed by atoms with Gasteiger partial charge in [-0.05, 0) is 205 Å². The van der Waals surface area contributed by atoms with Crippen LogP contribution in [0.5, 0.6) is 0 Å². The Morgan fingerprint density at radius 1 is 0.297 bits per heavy atom. The van der Waals surface area contributed by atoms with Crippen LogP contribution in [0.15, 0.2) is 170 Å². The Bertz CT molecular complexity index is 2670. The van der Waals surface area contributed by atoms with E-state index in [1.807, 2.05) is 0 Å². The molecule has 17 rings (SSSR count). The number of para-hydroxylation sites is 4. The Morgan fingerprint density at radius 3 is 0.922 bits per heavy atom. The minimum absolute atomic E-state index is 0.109. The van der Waals surface area contributed by atoms with Gasteiger partial charge in [0.25, 0.3) is 0 Å². The molecule has 8 fully saturated rings. The molecule has 8 saturated carbocycles. The highest BCUT2D eigenvalue weighted by Gasteiger charge is 2.63. The molecule has 314 valence electrons. The van der Waals surface area contributed by atoms with E-state index >= 15 is 0 Å². The molecule has 10 aliphatic rings. The Hall–Kier alpha value is -5.86. The van der Waals surface area contributed by atoms with Crippen LogP contribution < -0.4 is 9.80 Å². The normalized spacial score (nSPS) is 28.8. The lowest BCUT2D eigenvalue weighted by atomic mass is 9.41. The SMILES string of the molecule is c1cc(-c2ccccc2-c2cccc(N3c4ccccc4C4(c5ccccc53)C3CC5CC(C3)CC4C5)c2)cc(N2c3ccccc3C3(c4ccccc42)C2CC4CC(C2)CC3C4)c1. The van der Waals surface area contributed by atoms with E-state index in [0.717, 1.165) is 47.3 Å². The molecule has 2 heteroatoms. The molecule has 2 spiro atoms. The van der Waals surface area contributed by atoms with E-state index in [0.29, 0.717) is 0 Å². The van der Waals surface area contributed by atoms with Gasteiger partial charge in [0.2, 0.25) is 0 Å². The molecule has 2 heterocycles. The molecule has 8 bridgehead atoms. The molecule has 0 saturated heterocycles. The molecule has 2 aliphatic heterocycles. The number of benzene rings is 7. The third-order valence-corrected chi connectivity index (χ3v) is 19.0. The van der Waals surface area contributed by atoms with E-state index in [9.17, 15) is 0 Å². The summed E-state index contributed by atoms with van der Waals surface area (Å²) in [6.07, 6.45) is 14.1. The number of fused-ring (bicyclic) bond motifs is 4. The van der Waals surface area contributed by atoms with Crippen LogP contribution >= 0.6 is 0 Å². The van der Waals surface area contributed by atoms with Gasteiger partial charge in [-0.25, -0.2) is 0 Å². The maximum Gasteiger partial charge on any atom is 0.0503 e. The lowest BCUT2D eigenvalue weighted by Gasteiger charge is -2.64. The monoisotopic (exact) mass is 828 g/mol. The van der Waals surface area contributed by atoms with Gasteiger partial charge in [-0.15, -0.1) is 0 Å². The van der Waals surface area contributed by atoms with Crippen molar-refractivity contribution in [3.8, 4) is 22.3 Å². The van der Waals surface area contributed by atoms with Gasteiger partial charge in [0.1, 0.15) is 0 Å². The van der Waals surface area contributed by atoms with Crippen molar-refractivity contribution < 1.29 is 0 Å². The van der Waals surface area contributed by atoms with Crippen LogP contribution in [0.1, 0.15) is 86.5 Å². The molecule has 0 atom stereocenters. The van der Waals surface area contributed by atoms with Crippen molar-refractivity contribution in [3.05, 3.63) is 192 Å². The minimum atomic E-state index is 0.109. The predicted octanol–water partition coefficient (Wildman–Crippen LogP) is 16.1. The van der Waals surface area contributed by atoms with Crippen molar-refractivity contribution in [3.63, 3.8) is 0 Å². The van der Waals surface area contributed by atoms with Crippen molar-refractivity contribution in [2.45, 2.75) is 75.0 Å². The third kappa shape index (κ3) is 4.77. The summed E-state index contributed by atoms with van der Waals surface area (Å²) in [6, 6.07) is 66.1. The third-order valence-electron chi connectivity index (χ3n) is 19.0. The Balaban J connectivity index is 0.836. The van der Waals surface area contributed by atoms with E-state index in [-0.39, 0.29) is 10.8 Å². The summed E-state index contributed by atoms with van der Waals surface area (Å²) in [5, 5.41) is 0. The van der Waals surface area contributed by atoms with Crippen LogP contribution in [-0.4, -0.2) is 0 Å². The Morgan fingerprint density at radius 2 is 0.594 bits per heavy atom. The number of hydrogen-bond acceptors (Lipinski definition) is 2. The van der Waals surface area contributed by atoms with Gasteiger partial charge < -0.3 is 9.80 Å². The lowest BCUT2D eigenvalue weighted by Crippen LogP contribution is -2.57. The van der Waals surface area contributed by atoms with Crippen LogP contribution in [0.2, 0.25) is 0 Å². The number of nitrogens with zero attached hydrogens (tertiary/aromatic N) is 2. The summed E-state index contributed by atoms with van der Waals surface area (Å²) < 4.78 is 0. The quantitative estimate of drug-likeness (QED) is 0.174. The molecule has 0 unspecified atom stereocenters. The lowest BCUT2D eigenvalue weighted by molar-refractivity contribution is -0.0419. The molecule has 7 aromatic rings. The highest BCUT2D eigenvalue weighted by atomic mass is 15.2. The number of hydrogen-bond donors (Lipinski definition) is 0. The van der Waals surface area contributed by atoms with Crippen LogP contribution in [0.25, 0.3) is 22.3 Å². The summed E-state index contributed by atoms with van der Waals surface area (Å²) in [6.45, 7) is 0.